The van der Waals surface area contributed by atoms with Crippen molar-refractivity contribution >= 4 is 17.1 Å². The zero-order chi connectivity index (χ0) is 22.9. The molecular weight excluding hydrogens is 408 g/mol. The summed E-state index contributed by atoms with van der Waals surface area (Å²) >= 11 is 6.04. The van der Waals surface area contributed by atoms with Crippen molar-refractivity contribution in [3.63, 3.8) is 0 Å². The first-order valence-electron chi connectivity index (χ1n) is 13.8. The van der Waals surface area contributed by atoms with Gasteiger partial charge in [-0.15, -0.1) is 0 Å². The van der Waals surface area contributed by atoms with Gasteiger partial charge in [-0.1, -0.05) is 66.3 Å². The Bertz CT molecular complexity index is 899. The maximum Gasteiger partial charge on any atom is 0.0663 e. The van der Waals surface area contributed by atoms with Crippen molar-refractivity contribution in [2.75, 3.05) is 6.61 Å². The lowest BCUT2D eigenvalue weighted by molar-refractivity contribution is -0.205. The Morgan fingerprint density at radius 3 is 2.34 bits per heavy atom. The van der Waals surface area contributed by atoms with Gasteiger partial charge in [0.15, 0.2) is 0 Å². The Morgan fingerprint density at radius 2 is 1.62 bits per heavy atom. The Balaban J connectivity index is 1.42. The van der Waals surface area contributed by atoms with E-state index in [1.165, 1.54) is 56.2 Å². The van der Waals surface area contributed by atoms with Crippen LogP contribution in [0.1, 0.15) is 106 Å². The van der Waals surface area contributed by atoms with E-state index in [1.54, 1.807) is 11.1 Å². The third kappa shape index (κ3) is 2.43. The van der Waals surface area contributed by atoms with Crippen LogP contribution in [0.4, 0.5) is 0 Å². The van der Waals surface area contributed by atoms with Crippen molar-refractivity contribution < 1.29 is 4.74 Å². The Kier molecular flexibility index (Phi) is 4.53. The van der Waals surface area contributed by atoms with Gasteiger partial charge in [0.2, 0.25) is 0 Å². The second kappa shape index (κ2) is 6.51. The van der Waals surface area contributed by atoms with Gasteiger partial charge in [-0.2, -0.15) is 0 Å². The number of hydrogen-bond donors (Lipinski definition) is 0. The van der Waals surface area contributed by atoms with E-state index >= 15 is 0 Å². The number of rotatable bonds is 1. The molecule has 0 aromatic carbocycles. The standard InChI is InChI=1S/C30H46OS/c1-18(2)23-19-10-11-29(7)22(27(19,5)16-21(23)32)9-8-20-24-25-26(3,4)12-14-30(24,17-31-25)15-13-28(20,29)6/h18,20,22,24-25H,8-17H2,1-7H3/t20-,22-,24+,25-,27+,28-,29-,30-/m1/s1. The molecule has 2 bridgehead atoms. The molecule has 0 N–H and O–H groups in total. The van der Waals surface area contributed by atoms with Crippen molar-refractivity contribution in [2.24, 2.45) is 50.7 Å². The minimum absolute atomic E-state index is 0.314. The van der Waals surface area contributed by atoms with Gasteiger partial charge in [0.05, 0.1) is 12.7 Å². The molecule has 1 heterocycles. The van der Waals surface area contributed by atoms with Crippen LogP contribution in [0.3, 0.4) is 0 Å². The average molecular weight is 455 g/mol. The van der Waals surface area contributed by atoms with E-state index < -0.39 is 0 Å². The summed E-state index contributed by atoms with van der Waals surface area (Å²) in [7, 11) is 0. The van der Waals surface area contributed by atoms with Crippen molar-refractivity contribution in [3.8, 4) is 0 Å². The second-order valence-corrected chi connectivity index (χ2v) is 15.2. The molecule has 5 fully saturated rings. The van der Waals surface area contributed by atoms with Crippen LogP contribution in [-0.4, -0.2) is 17.6 Å². The summed E-state index contributed by atoms with van der Waals surface area (Å²) in [5.74, 6) is 3.01. The largest absolute Gasteiger partial charge is 0.377 e. The molecule has 0 radical (unpaired) electrons. The molecule has 6 aliphatic rings. The zero-order valence-corrected chi connectivity index (χ0v) is 22.6. The molecule has 1 saturated heterocycles. The number of fused-ring (bicyclic) bond motifs is 5. The third-order valence-corrected chi connectivity index (χ3v) is 13.3. The van der Waals surface area contributed by atoms with Crippen LogP contribution in [-0.2, 0) is 4.74 Å². The van der Waals surface area contributed by atoms with E-state index in [9.17, 15) is 0 Å². The smallest absolute Gasteiger partial charge is 0.0663 e. The highest BCUT2D eigenvalue weighted by Gasteiger charge is 2.71. The summed E-state index contributed by atoms with van der Waals surface area (Å²) in [5, 5.41) is 0. The van der Waals surface area contributed by atoms with Crippen molar-refractivity contribution in [2.45, 2.75) is 112 Å². The summed E-state index contributed by atoms with van der Waals surface area (Å²) in [6.07, 6.45) is 12.7. The fraction of sp³-hybridized carbons (Fsp3) is 0.900. The highest BCUT2D eigenvalue weighted by atomic mass is 32.1. The van der Waals surface area contributed by atoms with Crippen LogP contribution in [0.25, 0.3) is 0 Å². The predicted molar refractivity (Wildman–Crippen MR) is 137 cm³/mol. The summed E-state index contributed by atoms with van der Waals surface area (Å²) in [4.78, 5) is 1.30. The molecule has 1 nitrogen and oxygen atoms in total. The van der Waals surface area contributed by atoms with Crippen LogP contribution in [0.2, 0.25) is 0 Å². The molecule has 0 aromatic rings. The highest BCUT2D eigenvalue weighted by Crippen LogP contribution is 2.77. The van der Waals surface area contributed by atoms with Gasteiger partial charge in [-0.25, -0.2) is 0 Å². The van der Waals surface area contributed by atoms with Crippen molar-refractivity contribution in [1.29, 1.82) is 0 Å². The summed E-state index contributed by atoms with van der Waals surface area (Å²) in [6.45, 7) is 18.9. The van der Waals surface area contributed by atoms with Gasteiger partial charge in [0.1, 0.15) is 0 Å². The lowest BCUT2D eigenvalue weighted by Gasteiger charge is -2.70. The minimum atomic E-state index is 0.314. The van der Waals surface area contributed by atoms with E-state index in [4.69, 9.17) is 17.0 Å². The highest BCUT2D eigenvalue weighted by molar-refractivity contribution is 7.80. The van der Waals surface area contributed by atoms with Gasteiger partial charge < -0.3 is 4.74 Å². The Labute approximate surface area is 202 Å². The second-order valence-electron chi connectivity index (χ2n) is 14.7. The lowest BCUT2D eigenvalue weighted by Crippen LogP contribution is -2.64. The van der Waals surface area contributed by atoms with Crippen LogP contribution in [0.5, 0.6) is 0 Å². The number of thiocarbonyl (C=S) groups is 1. The minimum Gasteiger partial charge on any atom is -0.377 e. The number of allylic oxidation sites excluding steroid dienone is 2. The zero-order valence-electron chi connectivity index (χ0n) is 21.8. The molecule has 1 aliphatic heterocycles. The maximum absolute atomic E-state index is 6.71. The molecule has 32 heavy (non-hydrogen) atoms. The molecule has 0 spiro atoms. The van der Waals surface area contributed by atoms with Gasteiger partial charge >= 0.3 is 0 Å². The van der Waals surface area contributed by atoms with Crippen LogP contribution in [0.15, 0.2) is 11.1 Å². The van der Waals surface area contributed by atoms with E-state index in [0.717, 1.165) is 30.8 Å². The molecule has 0 aromatic heterocycles. The fourth-order valence-corrected chi connectivity index (χ4v) is 11.8. The molecule has 2 heteroatoms. The molecule has 6 rings (SSSR count). The van der Waals surface area contributed by atoms with Crippen molar-refractivity contribution in [3.05, 3.63) is 11.1 Å². The van der Waals surface area contributed by atoms with Crippen LogP contribution in [0, 0.1) is 50.7 Å². The molecule has 8 atom stereocenters. The van der Waals surface area contributed by atoms with Crippen LogP contribution >= 0.6 is 12.2 Å². The normalized spacial score (nSPS) is 53.7. The lowest BCUT2D eigenvalue weighted by atomic mass is 9.34. The molecule has 0 amide bonds. The molecule has 178 valence electrons. The third-order valence-electron chi connectivity index (χ3n) is 12.9. The molecule has 5 aliphatic carbocycles. The summed E-state index contributed by atoms with van der Waals surface area (Å²) < 4.78 is 6.71. The fourth-order valence-electron chi connectivity index (χ4n) is 11.1. The number of ether oxygens (including phenoxy) is 1. The Morgan fingerprint density at radius 1 is 0.906 bits per heavy atom. The summed E-state index contributed by atoms with van der Waals surface area (Å²) in [6, 6.07) is 0. The summed E-state index contributed by atoms with van der Waals surface area (Å²) in [5.41, 5.74) is 5.39. The van der Waals surface area contributed by atoms with Gasteiger partial charge in [-0.05, 0) is 114 Å². The van der Waals surface area contributed by atoms with Gasteiger partial charge in [0.25, 0.3) is 0 Å². The monoisotopic (exact) mass is 454 g/mol. The van der Waals surface area contributed by atoms with E-state index in [2.05, 4.69) is 48.5 Å². The number of hydrogen-bond acceptors (Lipinski definition) is 2. The van der Waals surface area contributed by atoms with E-state index in [-0.39, 0.29) is 0 Å². The molecule has 4 saturated carbocycles. The van der Waals surface area contributed by atoms with Gasteiger partial charge in [-0.3, -0.25) is 0 Å². The van der Waals surface area contributed by atoms with Crippen molar-refractivity contribution in [1.82, 2.24) is 0 Å². The molecular formula is C30H46OS. The average Bonchev–Trinajstić information content (AvgIpc) is 3.18. The first-order valence-corrected chi connectivity index (χ1v) is 14.2. The Hall–Kier alpha value is -0.210. The predicted octanol–water partition coefficient (Wildman–Crippen LogP) is 8.17. The first-order chi connectivity index (χ1) is 14.9. The quantitative estimate of drug-likeness (QED) is 0.369. The SMILES string of the molecule is CC(C)C1=C2CC[C@]3(C)[C@H](CC[C@@H]4[C@H]5[C@H]6OC[C@@]5(CCC6(C)C)CC[C@]43C)[C@@]2(C)CC1=S. The van der Waals surface area contributed by atoms with Crippen LogP contribution < -0.4 is 0 Å². The first kappa shape index (κ1) is 22.3. The maximum atomic E-state index is 6.71. The topological polar surface area (TPSA) is 9.23 Å². The van der Waals surface area contributed by atoms with E-state index in [1.807, 2.05) is 0 Å². The van der Waals surface area contributed by atoms with Gasteiger partial charge in [0, 0.05) is 4.86 Å². The molecule has 0 unspecified atom stereocenters. The van der Waals surface area contributed by atoms with E-state index in [0.29, 0.717) is 39.1 Å².